The second kappa shape index (κ2) is 5.93. The third-order valence-electron chi connectivity index (χ3n) is 5.07. The van der Waals surface area contributed by atoms with E-state index < -0.39 is 0 Å². The number of H-pyrrole nitrogens is 1. The Morgan fingerprint density at radius 2 is 2.12 bits per heavy atom. The van der Waals surface area contributed by atoms with Crippen molar-refractivity contribution < 1.29 is 4.74 Å². The molecule has 25 heavy (non-hydrogen) atoms. The number of nitrogens with one attached hydrogen (secondary N) is 1. The Bertz CT molecular complexity index is 976. The van der Waals surface area contributed by atoms with Crippen molar-refractivity contribution in [1.29, 1.82) is 5.26 Å². The molecular weight excluding hydrogens is 310 g/mol. The average molecular weight is 331 g/mol. The summed E-state index contributed by atoms with van der Waals surface area (Å²) in [6, 6.07) is 14.0. The van der Waals surface area contributed by atoms with E-state index in [1.807, 2.05) is 25.1 Å². The molecule has 0 bridgehead atoms. The number of benzene rings is 1. The quantitative estimate of drug-likeness (QED) is 0.750. The number of aromatic nitrogens is 2. The van der Waals surface area contributed by atoms with Gasteiger partial charge in [0, 0.05) is 40.2 Å². The van der Waals surface area contributed by atoms with Crippen LogP contribution in [0.5, 0.6) is 5.75 Å². The molecule has 2 heterocycles. The first-order valence-corrected chi connectivity index (χ1v) is 8.77. The van der Waals surface area contributed by atoms with Gasteiger partial charge in [-0.2, -0.15) is 5.26 Å². The highest BCUT2D eigenvalue weighted by Gasteiger charge is 2.42. The van der Waals surface area contributed by atoms with Gasteiger partial charge in [-0.3, -0.25) is 0 Å². The van der Waals surface area contributed by atoms with Gasteiger partial charge in [0.25, 0.3) is 0 Å². The number of hydrogen-bond donors (Lipinski definition) is 1. The summed E-state index contributed by atoms with van der Waals surface area (Å²) in [6.07, 6.45) is 3.14. The number of ether oxygens (including phenoxy) is 1. The van der Waals surface area contributed by atoms with E-state index in [1.165, 1.54) is 29.5 Å². The summed E-state index contributed by atoms with van der Waals surface area (Å²) in [4.78, 5) is 8.11. The van der Waals surface area contributed by atoms with Crippen molar-refractivity contribution in [3.05, 3.63) is 59.0 Å². The molecule has 3 aromatic rings. The molecule has 0 amide bonds. The van der Waals surface area contributed by atoms with E-state index in [2.05, 4.69) is 35.1 Å². The van der Waals surface area contributed by atoms with Crippen molar-refractivity contribution in [3.63, 3.8) is 0 Å². The largest absolute Gasteiger partial charge is 0.494 e. The highest BCUT2D eigenvalue weighted by molar-refractivity contribution is 5.87. The van der Waals surface area contributed by atoms with Crippen LogP contribution in [0.2, 0.25) is 0 Å². The lowest BCUT2D eigenvalue weighted by atomic mass is 9.96. The summed E-state index contributed by atoms with van der Waals surface area (Å²) in [5.41, 5.74) is 5.34. The molecule has 4 nitrogen and oxygen atoms in total. The third-order valence-corrected chi connectivity index (χ3v) is 5.07. The molecule has 0 radical (unpaired) electrons. The zero-order valence-electron chi connectivity index (χ0n) is 14.6. The number of nitriles is 1. The Labute approximate surface area is 147 Å². The van der Waals surface area contributed by atoms with Crippen molar-refractivity contribution in [2.75, 3.05) is 6.61 Å². The van der Waals surface area contributed by atoms with E-state index >= 15 is 0 Å². The molecular formula is C21H21N3O. The predicted octanol–water partition coefficient (Wildman–Crippen LogP) is 4.48. The fraction of sp³-hybridized carbons (Fsp3) is 0.333. The Kier molecular flexibility index (Phi) is 3.73. The van der Waals surface area contributed by atoms with Gasteiger partial charge in [-0.25, -0.2) is 4.98 Å². The van der Waals surface area contributed by atoms with Crippen molar-refractivity contribution >= 4 is 10.9 Å². The topological polar surface area (TPSA) is 61.7 Å². The van der Waals surface area contributed by atoms with Gasteiger partial charge in [0.15, 0.2) is 0 Å². The van der Waals surface area contributed by atoms with Crippen molar-refractivity contribution in [3.8, 4) is 11.8 Å². The minimum atomic E-state index is 0.229. The molecule has 1 aliphatic rings. The second-order valence-corrected chi connectivity index (χ2v) is 6.98. The molecule has 1 N–H and O–H groups in total. The summed E-state index contributed by atoms with van der Waals surface area (Å²) in [5.74, 6) is 0.889. The van der Waals surface area contributed by atoms with Crippen LogP contribution in [-0.2, 0) is 11.8 Å². The normalized spacial score (nSPS) is 15.1. The molecule has 4 heteroatoms. The minimum absolute atomic E-state index is 0.229. The van der Waals surface area contributed by atoms with Gasteiger partial charge in [0.1, 0.15) is 17.5 Å². The lowest BCUT2D eigenvalue weighted by Crippen LogP contribution is -2.05. The van der Waals surface area contributed by atoms with Crippen molar-refractivity contribution in [2.45, 2.75) is 38.5 Å². The molecule has 1 fully saturated rings. The zero-order chi connectivity index (χ0) is 17.4. The summed E-state index contributed by atoms with van der Waals surface area (Å²) in [7, 11) is 0. The van der Waals surface area contributed by atoms with E-state index in [0.29, 0.717) is 12.3 Å². The van der Waals surface area contributed by atoms with E-state index in [4.69, 9.17) is 10.00 Å². The molecule has 1 saturated carbocycles. The molecule has 0 aliphatic heterocycles. The van der Waals surface area contributed by atoms with Crippen molar-refractivity contribution in [1.82, 2.24) is 9.97 Å². The van der Waals surface area contributed by atoms with Crippen LogP contribution in [0.15, 0.2) is 36.4 Å². The highest BCUT2D eigenvalue weighted by Crippen LogP contribution is 2.50. The van der Waals surface area contributed by atoms with Gasteiger partial charge in [-0.05, 0) is 49.6 Å². The van der Waals surface area contributed by atoms with Crippen LogP contribution < -0.4 is 4.74 Å². The number of fused-ring (bicyclic) bond motifs is 1. The molecule has 0 unspecified atom stereocenters. The molecule has 1 aliphatic carbocycles. The molecule has 0 saturated heterocycles. The van der Waals surface area contributed by atoms with Crippen molar-refractivity contribution in [2.24, 2.45) is 0 Å². The number of rotatable bonds is 5. The maximum Gasteiger partial charge on any atom is 0.140 e. The first kappa shape index (κ1) is 15.7. The molecule has 0 spiro atoms. The SMILES string of the molecule is CCOc1ccc2c(Cc3cccc(C#N)n3)c(C3(C)CC3)[nH]c2c1. The van der Waals surface area contributed by atoms with E-state index in [0.717, 1.165) is 23.4 Å². The average Bonchev–Trinajstić information content (AvgIpc) is 3.27. The zero-order valence-corrected chi connectivity index (χ0v) is 14.6. The first-order chi connectivity index (χ1) is 12.1. The Morgan fingerprint density at radius 1 is 1.28 bits per heavy atom. The Balaban J connectivity index is 1.81. The van der Waals surface area contributed by atoms with Gasteiger partial charge < -0.3 is 9.72 Å². The lowest BCUT2D eigenvalue weighted by Gasteiger charge is -2.10. The standard InChI is InChI=1S/C21H21N3O/c1-3-25-16-7-8-17-18(11-14-5-4-6-15(13-22)23-14)20(21(2)9-10-21)24-19(17)12-16/h4-8,12,24H,3,9-11H2,1-2H3. The van der Waals surface area contributed by atoms with Crippen LogP contribution in [0.4, 0.5) is 0 Å². The maximum atomic E-state index is 9.10. The smallest absolute Gasteiger partial charge is 0.140 e. The first-order valence-electron chi connectivity index (χ1n) is 8.77. The number of aromatic amines is 1. The maximum absolute atomic E-state index is 9.10. The summed E-state index contributed by atoms with van der Waals surface area (Å²) < 4.78 is 5.64. The van der Waals surface area contributed by atoms with Crippen LogP contribution >= 0.6 is 0 Å². The number of hydrogen-bond acceptors (Lipinski definition) is 3. The van der Waals surface area contributed by atoms with Crippen LogP contribution in [0, 0.1) is 11.3 Å². The summed E-state index contributed by atoms with van der Waals surface area (Å²) >= 11 is 0. The lowest BCUT2D eigenvalue weighted by molar-refractivity contribution is 0.340. The van der Waals surface area contributed by atoms with Gasteiger partial charge >= 0.3 is 0 Å². The fourth-order valence-corrected chi connectivity index (χ4v) is 3.45. The third kappa shape index (κ3) is 2.87. The Morgan fingerprint density at radius 3 is 2.84 bits per heavy atom. The Hall–Kier alpha value is -2.80. The summed E-state index contributed by atoms with van der Waals surface area (Å²) in [5, 5.41) is 10.3. The van der Waals surface area contributed by atoms with Crippen LogP contribution in [0.3, 0.4) is 0 Å². The molecule has 1 aromatic carbocycles. The summed E-state index contributed by atoms with van der Waals surface area (Å²) in [6.45, 7) is 4.97. The van der Waals surface area contributed by atoms with Crippen LogP contribution in [0.1, 0.15) is 49.3 Å². The van der Waals surface area contributed by atoms with E-state index in [1.54, 1.807) is 6.07 Å². The monoisotopic (exact) mass is 331 g/mol. The minimum Gasteiger partial charge on any atom is -0.494 e. The molecule has 126 valence electrons. The molecule has 2 aromatic heterocycles. The van der Waals surface area contributed by atoms with Crippen LogP contribution in [0.25, 0.3) is 10.9 Å². The van der Waals surface area contributed by atoms with Gasteiger partial charge in [-0.1, -0.05) is 13.0 Å². The predicted molar refractivity (Wildman–Crippen MR) is 97.8 cm³/mol. The number of nitrogens with zero attached hydrogens (tertiary/aromatic N) is 2. The number of pyridine rings is 1. The van der Waals surface area contributed by atoms with Gasteiger partial charge in [0.05, 0.1) is 6.61 Å². The fourth-order valence-electron chi connectivity index (χ4n) is 3.45. The van der Waals surface area contributed by atoms with E-state index in [9.17, 15) is 0 Å². The second-order valence-electron chi connectivity index (χ2n) is 6.98. The molecule has 4 rings (SSSR count). The highest BCUT2D eigenvalue weighted by atomic mass is 16.5. The van der Waals surface area contributed by atoms with Gasteiger partial charge in [0.2, 0.25) is 0 Å². The van der Waals surface area contributed by atoms with Crippen LogP contribution in [-0.4, -0.2) is 16.6 Å². The van der Waals surface area contributed by atoms with E-state index in [-0.39, 0.29) is 5.41 Å². The molecule has 0 atom stereocenters. The van der Waals surface area contributed by atoms with Gasteiger partial charge in [-0.15, -0.1) is 0 Å².